The van der Waals surface area contributed by atoms with E-state index in [4.69, 9.17) is 5.73 Å². The van der Waals surface area contributed by atoms with Gasteiger partial charge in [-0.05, 0) is 18.1 Å². The summed E-state index contributed by atoms with van der Waals surface area (Å²) in [5, 5.41) is 10.8. The zero-order valence-electron chi connectivity index (χ0n) is 18.5. The minimum Gasteiger partial charge on any atom is -0.365 e. The number of aromatic nitrogens is 7. The van der Waals surface area contributed by atoms with Crippen molar-refractivity contribution in [2.45, 2.75) is 20.3 Å². The van der Waals surface area contributed by atoms with Gasteiger partial charge in [-0.3, -0.25) is 24.7 Å². The second-order valence-corrected chi connectivity index (χ2v) is 8.34. The number of nitrogens with zero attached hydrogens (tertiary/aromatic N) is 5. The molecule has 5 aromatic heterocycles. The number of fused-ring (bicyclic) bond motifs is 2. The number of rotatable bonds is 6. The molecular formula is C23H21N9O2. The standard InChI is InChI=1S/C23H21N9O2/c1-11(2)3-18(33)28-14-4-12(6-25-8-14)13-5-15-20(31-32-22(15)27-7-13)23-29-17-10-26-9-16(21(24)34)19(17)30-23/h4-11H,3H2,1-2H3,(H2,24,34)(H,28,33)(H,29,30)(H,27,31,32). The smallest absolute Gasteiger partial charge is 0.252 e. The molecule has 0 saturated heterocycles. The van der Waals surface area contributed by atoms with Crippen LogP contribution in [0.25, 0.3) is 44.7 Å². The summed E-state index contributed by atoms with van der Waals surface area (Å²) in [6.45, 7) is 3.98. The lowest BCUT2D eigenvalue weighted by molar-refractivity contribution is -0.116. The van der Waals surface area contributed by atoms with Gasteiger partial charge in [0.25, 0.3) is 5.91 Å². The van der Waals surface area contributed by atoms with Crippen molar-refractivity contribution < 1.29 is 9.59 Å². The number of anilines is 1. The van der Waals surface area contributed by atoms with Crippen LogP contribution in [0.3, 0.4) is 0 Å². The lowest BCUT2D eigenvalue weighted by Crippen LogP contribution is -2.13. The molecule has 0 aliphatic heterocycles. The summed E-state index contributed by atoms with van der Waals surface area (Å²) in [6, 6.07) is 3.76. The number of hydrogen-bond acceptors (Lipinski definition) is 7. The van der Waals surface area contributed by atoms with E-state index in [-0.39, 0.29) is 17.4 Å². The Morgan fingerprint density at radius 1 is 1.06 bits per heavy atom. The highest BCUT2D eigenvalue weighted by Gasteiger charge is 2.17. The largest absolute Gasteiger partial charge is 0.365 e. The highest BCUT2D eigenvalue weighted by molar-refractivity contribution is 6.04. The lowest BCUT2D eigenvalue weighted by Gasteiger charge is -2.08. The molecule has 0 saturated carbocycles. The summed E-state index contributed by atoms with van der Waals surface area (Å²) in [5.74, 6) is 0.0620. The number of hydrogen-bond donors (Lipinski definition) is 4. The Hall–Kier alpha value is -4.67. The molecule has 0 radical (unpaired) electrons. The molecule has 11 heteroatoms. The van der Waals surface area contributed by atoms with Gasteiger partial charge in [0.1, 0.15) is 11.2 Å². The van der Waals surface area contributed by atoms with Gasteiger partial charge >= 0.3 is 0 Å². The number of nitrogens with two attached hydrogens (primary N) is 1. The van der Waals surface area contributed by atoms with Crippen LogP contribution in [-0.2, 0) is 4.79 Å². The molecule has 0 aliphatic carbocycles. The highest BCUT2D eigenvalue weighted by atomic mass is 16.2. The van der Waals surface area contributed by atoms with E-state index >= 15 is 0 Å². The fraction of sp³-hybridized carbons (Fsp3) is 0.174. The second kappa shape index (κ2) is 8.35. The van der Waals surface area contributed by atoms with Crippen LogP contribution in [-0.4, -0.2) is 46.9 Å². The van der Waals surface area contributed by atoms with Gasteiger partial charge in [-0.25, -0.2) is 9.97 Å². The van der Waals surface area contributed by atoms with E-state index < -0.39 is 5.91 Å². The van der Waals surface area contributed by atoms with Crippen molar-refractivity contribution in [1.82, 2.24) is 35.1 Å². The first-order valence-corrected chi connectivity index (χ1v) is 10.6. The molecule has 0 atom stereocenters. The van der Waals surface area contributed by atoms with Crippen LogP contribution in [0.1, 0.15) is 30.6 Å². The van der Waals surface area contributed by atoms with Crippen LogP contribution < -0.4 is 11.1 Å². The van der Waals surface area contributed by atoms with Crippen molar-refractivity contribution in [2.24, 2.45) is 11.7 Å². The highest BCUT2D eigenvalue weighted by Crippen LogP contribution is 2.30. The zero-order valence-corrected chi connectivity index (χ0v) is 18.5. The van der Waals surface area contributed by atoms with Crippen molar-refractivity contribution >= 4 is 39.6 Å². The van der Waals surface area contributed by atoms with Gasteiger partial charge in [-0.15, -0.1) is 0 Å². The molecule has 5 aromatic rings. The second-order valence-electron chi connectivity index (χ2n) is 8.34. The Bertz CT molecular complexity index is 1550. The third kappa shape index (κ3) is 3.94. The fourth-order valence-corrected chi connectivity index (χ4v) is 3.72. The van der Waals surface area contributed by atoms with Crippen LogP contribution in [0.2, 0.25) is 0 Å². The molecule has 5 heterocycles. The zero-order chi connectivity index (χ0) is 23.8. The average molecular weight is 455 g/mol. The van der Waals surface area contributed by atoms with Gasteiger partial charge in [0.15, 0.2) is 11.5 Å². The minimum atomic E-state index is -0.609. The third-order valence-electron chi connectivity index (χ3n) is 5.26. The summed E-state index contributed by atoms with van der Waals surface area (Å²) >= 11 is 0. The molecule has 170 valence electrons. The first-order valence-electron chi connectivity index (χ1n) is 10.6. The molecule has 2 amide bonds. The normalized spacial score (nSPS) is 11.4. The van der Waals surface area contributed by atoms with E-state index in [0.29, 0.717) is 40.3 Å². The molecule has 0 unspecified atom stereocenters. The topological polar surface area (TPSA) is 168 Å². The van der Waals surface area contributed by atoms with Gasteiger partial charge in [0, 0.05) is 36.1 Å². The quantitative estimate of drug-likeness (QED) is 0.305. The summed E-state index contributed by atoms with van der Waals surface area (Å²) in [6.07, 6.45) is 8.39. The van der Waals surface area contributed by atoms with E-state index in [2.05, 4.69) is 40.4 Å². The van der Waals surface area contributed by atoms with E-state index in [9.17, 15) is 9.59 Å². The van der Waals surface area contributed by atoms with Crippen LogP contribution >= 0.6 is 0 Å². The minimum absolute atomic E-state index is 0.0608. The van der Waals surface area contributed by atoms with Crippen molar-refractivity contribution in [3.8, 4) is 22.6 Å². The van der Waals surface area contributed by atoms with Crippen molar-refractivity contribution in [3.05, 3.63) is 48.7 Å². The molecule has 0 aliphatic rings. The van der Waals surface area contributed by atoms with Gasteiger partial charge < -0.3 is 16.0 Å². The molecule has 0 spiro atoms. The molecule has 34 heavy (non-hydrogen) atoms. The summed E-state index contributed by atoms with van der Waals surface area (Å²) in [4.78, 5) is 44.3. The summed E-state index contributed by atoms with van der Waals surface area (Å²) in [5.41, 5.74) is 9.98. The maximum absolute atomic E-state index is 12.1. The Labute approximate surface area is 193 Å². The molecule has 5 rings (SSSR count). The maximum atomic E-state index is 12.1. The molecule has 5 N–H and O–H groups in total. The number of primary amides is 1. The van der Waals surface area contributed by atoms with E-state index in [1.54, 1.807) is 24.8 Å². The van der Waals surface area contributed by atoms with Gasteiger partial charge in [-0.1, -0.05) is 13.8 Å². The summed E-state index contributed by atoms with van der Waals surface area (Å²) in [7, 11) is 0. The number of aromatic amines is 2. The Morgan fingerprint density at radius 3 is 2.65 bits per heavy atom. The van der Waals surface area contributed by atoms with E-state index in [1.807, 2.05) is 26.0 Å². The van der Waals surface area contributed by atoms with Crippen LogP contribution in [0.15, 0.2) is 43.1 Å². The third-order valence-corrected chi connectivity index (χ3v) is 5.26. The number of nitrogens with one attached hydrogen (secondary N) is 3. The van der Waals surface area contributed by atoms with Gasteiger partial charge in [0.05, 0.1) is 34.5 Å². The van der Waals surface area contributed by atoms with E-state index in [0.717, 1.165) is 16.5 Å². The van der Waals surface area contributed by atoms with Crippen molar-refractivity contribution in [1.29, 1.82) is 0 Å². The Balaban J connectivity index is 1.53. The predicted octanol–water partition coefficient (Wildman–Crippen LogP) is 3.04. The predicted molar refractivity (Wildman–Crippen MR) is 127 cm³/mol. The molecule has 0 aromatic carbocycles. The molecule has 0 fully saturated rings. The van der Waals surface area contributed by atoms with Crippen molar-refractivity contribution in [3.63, 3.8) is 0 Å². The maximum Gasteiger partial charge on any atom is 0.252 e. The fourth-order valence-electron chi connectivity index (χ4n) is 3.72. The van der Waals surface area contributed by atoms with Crippen LogP contribution in [0.4, 0.5) is 5.69 Å². The monoisotopic (exact) mass is 455 g/mol. The molecule has 11 nitrogen and oxygen atoms in total. The van der Waals surface area contributed by atoms with Crippen molar-refractivity contribution in [2.75, 3.05) is 5.32 Å². The average Bonchev–Trinajstić information content (AvgIpc) is 3.41. The Morgan fingerprint density at radius 2 is 1.85 bits per heavy atom. The first-order chi connectivity index (χ1) is 16.4. The van der Waals surface area contributed by atoms with Crippen LogP contribution in [0.5, 0.6) is 0 Å². The van der Waals surface area contributed by atoms with Gasteiger partial charge in [0.2, 0.25) is 5.91 Å². The summed E-state index contributed by atoms with van der Waals surface area (Å²) < 4.78 is 0. The molecule has 0 bridgehead atoms. The number of amides is 2. The van der Waals surface area contributed by atoms with Crippen LogP contribution in [0, 0.1) is 5.92 Å². The number of carbonyl (C=O) groups excluding carboxylic acids is 2. The number of carbonyl (C=O) groups is 2. The Kier molecular flexibility index (Phi) is 5.21. The number of H-pyrrole nitrogens is 2. The lowest BCUT2D eigenvalue weighted by atomic mass is 10.1. The van der Waals surface area contributed by atoms with Gasteiger partial charge in [-0.2, -0.15) is 5.10 Å². The van der Waals surface area contributed by atoms with E-state index in [1.165, 1.54) is 6.20 Å². The number of imidazole rings is 1. The molecular weight excluding hydrogens is 434 g/mol. The number of pyridine rings is 3. The first kappa shape index (κ1) is 21.2. The SMILES string of the molecule is CC(C)CC(=O)Nc1cncc(-c2cnc3n[nH]c(-c4nc5c(C(N)=O)cncc5[nH]4)c3c2)c1.